The molecule has 0 unspecified atom stereocenters. The van der Waals surface area contributed by atoms with E-state index in [1.807, 2.05) is 80.7 Å². The molecule has 0 saturated carbocycles. The summed E-state index contributed by atoms with van der Waals surface area (Å²) in [5, 5.41) is 0. The lowest BCUT2D eigenvalue weighted by Gasteiger charge is -2.30. The highest BCUT2D eigenvalue weighted by molar-refractivity contribution is 5.55. The largest absolute Gasteiger partial charge is 0.310 e. The predicted molar refractivity (Wildman–Crippen MR) is 142 cm³/mol. The fourth-order valence-corrected chi connectivity index (χ4v) is 2.71. The lowest BCUT2D eigenvalue weighted by atomic mass is 10.0. The zero-order valence-electron chi connectivity index (χ0n) is 19.0. The van der Waals surface area contributed by atoms with Gasteiger partial charge in [-0.15, -0.1) is 0 Å². The van der Waals surface area contributed by atoms with Crippen molar-refractivity contribution < 1.29 is 0 Å². The quantitative estimate of drug-likeness (QED) is 0.260. The maximum atomic E-state index is 4.08. The Morgan fingerprint density at radius 2 is 1.26 bits per heavy atom. The van der Waals surface area contributed by atoms with Crippen LogP contribution in [0.25, 0.3) is 0 Å². The molecule has 0 aromatic heterocycles. The molecule has 0 aliphatic heterocycles. The molecule has 0 N–H and O–H groups in total. The van der Waals surface area contributed by atoms with E-state index in [0.29, 0.717) is 0 Å². The van der Waals surface area contributed by atoms with E-state index in [4.69, 9.17) is 0 Å². The Kier molecular flexibility index (Phi) is 14.9. The second-order valence-electron chi connectivity index (χ2n) is 6.02. The predicted octanol–water partition coefficient (Wildman–Crippen LogP) is 8.62. The average molecular weight is 410 g/mol. The van der Waals surface area contributed by atoms with Crippen molar-refractivity contribution >= 4 is 0 Å². The number of rotatable bonds is 14. The summed E-state index contributed by atoms with van der Waals surface area (Å²) < 4.78 is 0. The summed E-state index contributed by atoms with van der Waals surface area (Å²) in [5.41, 5.74) is 4.63. The molecule has 1 nitrogen and oxygen atoms in total. The number of allylic oxidation sites excluding steroid dienone is 19. The number of hydrogen-bond donors (Lipinski definition) is 0. The molecule has 1 heteroatoms. The molecule has 0 radical (unpaired) electrons. The molecule has 0 aliphatic rings. The van der Waals surface area contributed by atoms with Gasteiger partial charge in [0.05, 0.1) is 5.70 Å². The van der Waals surface area contributed by atoms with Crippen molar-refractivity contribution in [3.8, 4) is 0 Å². The topological polar surface area (TPSA) is 3.24 Å². The second-order valence-corrected chi connectivity index (χ2v) is 6.02. The van der Waals surface area contributed by atoms with Gasteiger partial charge in [-0.3, -0.25) is 0 Å². The molecule has 0 spiro atoms. The molecule has 0 aromatic rings. The van der Waals surface area contributed by atoms with Gasteiger partial charge in [0.1, 0.15) is 0 Å². The minimum absolute atomic E-state index is 0.904. The SMILES string of the molecule is C=C\C=C/C=C(C=C)/C(C=C)=C(/C=C\C=C)N(C(/C=C\C)=C/C)C(/C=C\C=C)=C/C=C. The molecule has 0 rings (SSSR count). The molecule has 160 valence electrons. The summed E-state index contributed by atoms with van der Waals surface area (Å²) >= 11 is 0. The van der Waals surface area contributed by atoms with E-state index < -0.39 is 0 Å². The van der Waals surface area contributed by atoms with E-state index in [9.17, 15) is 0 Å². The molecule has 0 heterocycles. The smallest absolute Gasteiger partial charge is 0.0539 e. The van der Waals surface area contributed by atoms with Gasteiger partial charge in [0.15, 0.2) is 0 Å². The van der Waals surface area contributed by atoms with Crippen molar-refractivity contribution in [1.82, 2.24) is 4.90 Å². The first-order valence-corrected chi connectivity index (χ1v) is 10.1. The molecule has 0 saturated heterocycles. The molecule has 0 bridgehead atoms. The van der Waals surface area contributed by atoms with Crippen LogP contribution in [0.1, 0.15) is 13.8 Å². The minimum Gasteiger partial charge on any atom is -0.310 e. The van der Waals surface area contributed by atoms with Crippen molar-refractivity contribution in [3.05, 3.63) is 171 Å². The van der Waals surface area contributed by atoms with Crippen LogP contribution in [0, 0.1) is 0 Å². The van der Waals surface area contributed by atoms with E-state index in [0.717, 1.165) is 28.2 Å². The van der Waals surface area contributed by atoms with Crippen molar-refractivity contribution in [2.45, 2.75) is 13.8 Å². The van der Waals surface area contributed by atoms with Gasteiger partial charge in [-0.2, -0.15) is 0 Å². The van der Waals surface area contributed by atoms with E-state index in [1.54, 1.807) is 24.3 Å². The molecule has 0 fully saturated rings. The highest BCUT2D eigenvalue weighted by Crippen LogP contribution is 2.30. The number of nitrogens with zero attached hydrogens (tertiary/aromatic N) is 1. The van der Waals surface area contributed by atoms with Crippen molar-refractivity contribution in [2.75, 3.05) is 0 Å². The van der Waals surface area contributed by atoms with Crippen molar-refractivity contribution in [1.29, 1.82) is 0 Å². The van der Waals surface area contributed by atoms with Crippen LogP contribution in [0.5, 0.6) is 0 Å². The summed E-state index contributed by atoms with van der Waals surface area (Å²) in [5.74, 6) is 0. The zero-order chi connectivity index (χ0) is 23.5. The Bertz CT molecular complexity index is 902. The van der Waals surface area contributed by atoms with Crippen molar-refractivity contribution in [2.24, 2.45) is 0 Å². The van der Waals surface area contributed by atoms with Crippen LogP contribution in [0.15, 0.2) is 171 Å². The summed E-state index contributed by atoms with van der Waals surface area (Å²) in [6.45, 7) is 27.3. The highest BCUT2D eigenvalue weighted by Gasteiger charge is 2.18. The van der Waals surface area contributed by atoms with Crippen LogP contribution in [-0.4, -0.2) is 4.90 Å². The second kappa shape index (κ2) is 17.1. The molecule has 0 aliphatic carbocycles. The minimum atomic E-state index is 0.904. The third-order valence-electron chi connectivity index (χ3n) is 4.01. The van der Waals surface area contributed by atoms with Gasteiger partial charge in [-0.1, -0.05) is 118 Å². The van der Waals surface area contributed by atoms with Gasteiger partial charge in [0.25, 0.3) is 0 Å². The standard InChI is InChI=1S/C30H35N/c1-9-17-20-23-26(14-6)29(16-8)30(25-19-11-3)31(27(15-7)21-12-4)28(22-13-5)24-18-10-2/h9-25H,1-3,5-6,8H2,4,7H3/b20-17-,21-12-,24-18-,25-19-,26-23+,27-15+,28-22+,30-29-. The fourth-order valence-electron chi connectivity index (χ4n) is 2.71. The Morgan fingerprint density at radius 1 is 0.613 bits per heavy atom. The Balaban J connectivity index is 7.47. The summed E-state index contributed by atoms with van der Waals surface area (Å²) in [6.07, 6.45) is 32.2. The first kappa shape index (κ1) is 27.2. The van der Waals surface area contributed by atoms with Crippen LogP contribution < -0.4 is 0 Å². The summed E-state index contributed by atoms with van der Waals surface area (Å²) in [4.78, 5) is 2.13. The van der Waals surface area contributed by atoms with Crippen LogP contribution in [0.2, 0.25) is 0 Å². The van der Waals surface area contributed by atoms with Crippen LogP contribution in [0.3, 0.4) is 0 Å². The van der Waals surface area contributed by atoms with Crippen molar-refractivity contribution in [3.63, 3.8) is 0 Å². The molecule has 0 amide bonds. The first-order chi connectivity index (χ1) is 15.1. The van der Waals surface area contributed by atoms with Gasteiger partial charge in [0.2, 0.25) is 0 Å². The monoisotopic (exact) mass is 409 g/mol. The van der Waals surface area contributed by atoms with E-state index in [-0.39, 0.29) is 0 Å². The zero-order valence-corrected chi connectivity index (χ0v) is 19.0. The molecule has 31 heavy (non-hydrogen) atoms. The average Bonchev–Trinajstić information content (AvgIpc) is 2.78. The molecular formula is C30H35N. The Labute approximate surface area is 189 Å². The molecule has 0 aromatic carbocycles. The lowest BCUT2D eigenvalue weighted by Crippen LogP contribution is -2.21. The van der Waals surface area contributed by atoms with Crippen LogP contribution >= 0.6 is 0 Å². The molecule has 0 atom stereocenters. The van der Waals surface area contributed by atoms with E-state index in [1.165, 1.54) is 0 Å². The Hall–Kier alpha value is -3.84. The van der Waals surface area contributed by atoms with E-state index in [2.05, 4.69) is 56.5 Å². The fraction of sp³-hybridized carbons (Fsp3) is 0.0667. The third-order valence-corrected chi connectivity index (χ3v) is 4.01. The van der Waals surface area contributed by atoms with Gasteiger partial charge in [-0.05, 0) is 43.7 Å². The first-order valence-electron chi connectivity index (χ1n) is 10.1. The van der Waals surface area contributed by atoms with Gasteiger partial charge < -0.3 is 4.90 Å². The van der Waals surface area contributed by atoms with Crippen LogP contribution in [0.4, 0.5) is 0 Å². The maximum Gasteiger partial charge on any atom is 0.0539 e. The highest BCUT2D eigenvalue weighted by atomic mass is 15.2. The third kappa shape index (κ3) is 9.01. The molecular weight excluding hydrogens is 374 g/mol. The van der Waals surface area contributed by atoms with Gasteiger partial charge in [0, 0.05) is 17.0 Å². The normalized spacial score (nSPS) is 14.2. The van der Waals surface area contributed by atoms with Crippen LogP contribution in [-0.2, 0) is 0 Å². The van der Waals surface area contributed by atoms with Gasteiger partial charge >= 0.3 is 0 Å². The Morgan fingerprint density at radius 3 is 1.74 bits per heavy atom. The maximum absolute atomic E-state index is 4.08. The lowest BCUT2D eigenvalue weighted by molar-refractivity contribution is 0.572. The van der Waals surface area contributed by atoms with E-state index >= 15 is 0 Å². The van der Waals surface area contributed by atoms with Gasteiger partial charge in [-0.25, -0.2) is 0 Å². The number of hydrogen-bond acceptors (Lipinski definition) is 1. The summed E-state index contributed by atoms with van der Waals surface area (Å²) in [7, 11) is 0. The summed E-state index contributed by atoms with van der Waals surface area (Å²) in [6, 6.07) is 0.